The largest absolute Gasteiger partial charge is 0.390 e. The van der Waals surface area contributed by atoms with E-state index in [9.17, 15) is 10.2 Å². The Hall–Kier alpha value is -0.980. The van der Waals surface area contributed by atoms with Gasteiger partial charge in [-0.25, -0.2) is 0 Å². The quantitative estimate of drug-likeness (QED) is 0.841. The molecular weight excluding hydrogens is 260 g/mol. The van der Waals surface area contributed by atoms with Gasteiger partial charge in [0.1, 0.15) is 12.2 Å². The van der Waals surface area contributed by atoms with Gasteiger partial charge in [0.2, 0.25) is 0 Å². The Bertz CT molecular complexity index is 395. The maximum atomic E-state index is 10.0. The highest BCUT2D eigenvalue weighted by atomic mass is 16.7. The van der Waals surface area contributed by atoms with E-state index in [1.807, 2.05) is 30.3 Å². The van der Waals surface area contributed by atoms with Crippen LogP contribution in [-0.4, -0.2) is 48.5 Å². The molecule has 2 rings (SSSR count). The predicted molar refractivity (Wildman–Crippen MR) is 72.9 cm³/mol. The number of hydrogen-bond acceptors (Lipinski definition) is 5. The summed E-state index contributed by atoms with van der Waals surface area (Å²) in [7, 11) is 1.52. The number of benzene rings is 1. The van der Waals surface area contributed by atoms with Gasteiger partial charge in [-0.3, -0.25) is 0 Å². The third-order valence-electron chi connectivity index (χ3n) is 3.63. The minimum Gasteiger partial charge on any atom is -0.390 e. The summed E-state index contributed by atoms with van der Waals surface area (Å²) in [5.74, 6) is -0.277. The monoisotopic (exact) mass is 282 g/mol. The Morgan fingerprint density at radius 1 is 1.15 bits per heavy atom. The molecule has 5 nitrogen and oxygen atoms in total. The minimum absolute atomic E-state index is 0.208. The maximum Gasteiger partial charge on any atom is 0.162 e. The molecular formula is C15H22O5. The molecule has 0 aromatic heterocycles. The summed E-state index contributed by atoms with van der Waals surface area (Å²) in [5, 5.41) is 20.0. The van der Waals surface area contributed by atoms with Gasteiger partial charge in [-0.1, -0.05) is 37.3 Å². The van der Waals surface area contributed by atoms with Crippen LogP contribution < -0.4 is 0 Å². The number of methoxy groups -OCH3 is 1. The SMILES string of the molecule is CO[C@@H]1O[C@H](COCc2ccccc2)[C@H](O)[C@H](O)[C@@H]1C. The molecule has 1 saturated heterocycles. The number of hydrogen-bond donors (Lipinski definition) is 2. The molecule has 112 valence electrons. The first kappa shape index (κ1) is 15.4. The van der Waals surface area contributed by atoms with Crippen molar-refractivity contribution in [3.63, 3.8) is 0 Å². The van der Waals surface area contributed by atoms with E-state index >= 15 is 0 Å². The molecule has 0 bridgehead atoms. The van der Waals surface area contributed by atoms with Gasteiger partial charge in [-0.05, 0) is 5.56 Å². The lowest BCUT2D eigenvalue weighted by atomic mass is 9.92. The van der Waals surface area contributed by atoms with Crippen LogP contribution in [-0.2, 0) is 20.8 Å². The zero-order valence-corrected chi connectivity index (χ0v) is 11.8. The average molecular weight is 282 g/mol. The van der Waals surface area contributed by atoms with E-state index in [2.05, 4.69) is 0 Å². The molecule has 0 saturated carbocycles. The number of ether oxygens (including phenoxy) is 3. The highest BCUT2D eigenvalue weighted by molar-refractivity contribution is 5.13. The fourth-order valence-electron chi connectivity index (χ4n) is 2.34. The van der Waals surface area contributed by atoms with Crippen LogP contribution in [0, 0.1) is 5.92 Å². The second-order valence-corrected chi connectivity index (χ2v) is 5.12. The highest BCUT2D eigenvalue weighted by Crippen LogP contribution is 2.26. The molecule has 1 aromatic carbocycles. The summed E-state index contributed by atoms with van der Waals surface area (Å²) in [4.78, 5) is 0. The van der Waals surface area contributed by atoms with Gasteiger partial charge in [0.25, 0.3) is 0 Å². The fourth-order valence-corrected chi connectivity index (χ4v) is 2.34. The lowest BCUT2D eigenvalue weighted by Crippen LogP contribution is -2.55. The van der Waals surface area contributed by atoms with Crippen molar-refractivity contribution < 1.29 is 24.4 Å². The van der Waals surface area contributed by atoms with Gasteiger partial charge < -0.3 is 24.4 Å². The topological polar surface area (TPSA) is 68.2 Å². The number of aliphatic hydroxyl groups is 2. The maximum absolute atomic E-state index is 10.0. The second-order valence-electron chi connectivity index (χ2n) is 5.12. The molecule has 2 N–H and O–H groups in total. The Balaban J connectivity index is 1.85. The lowest BCUT2D eigenvalue weighted by molar-refractivity contribution is -0.277. The van der Waals surface area contributed by atoms with Gasteiger partial charge in [0.05, 0.1) is 19.3 Å². The average Bonchev–Trinajstić information content (AvgIpc) is 2.48. The van der Waals surface area contributed by atoms with Gasteiger partial charge in [0, 0.05) is 13.0 Å². The minimum atomic E-state index is -0.966. The summed E-state index contributed by atoms with van der Waals surface area (Å²) >= 11 is 0. The summed E-state index contributed by atoms with van der Waals surface area (Å²) in [5.41, 5.74) is 1.05. The standard InChI is InChI=1S/C15H22O5/c1-10-13(16)14(17)12(20-15(10)18-2)9-19-8-11-6-4-3-5-7-11/h3-7,10,12-17H,8-9H2,1-2H3/t10-,12+,13+,14-,15+/m0/s1. The molecule has 20 heavy (non-hydrogen) atoms. The van der Waals surface area contributed by atoms with E-state index in [1.54, 1.807) is 6.92 Å². The molecule has 0 spiro atoms. The molecule has 1 aliphatic rings. The summed E-state index contributed by atoms with van der Waals surface area (Å²) in [6.07, 6.45) is -2.96. The zero-order valence-electron chi connectivity index (χ0n) is 11.8. The predicted octanol–water partition coefficient (Wildman–Crippen LogP) is 0.932. The smallest absolute Gasteiger partial charge is 0.162 e. The second kappa shape index (κ2) is 7.15. The molecule has 0 unspecified atom stereocenters. The van der Waals surface area contributed by atoms with Crippen molar-refractivity contribution in [2.75, 3.05) is 13.7 Å². The summed E-state index contributed by atoms with van der Waals surface area (Å²) in [6.45, 7) is 2.43. The molecule has 1 heterocycles. The van der Waals surface area contributed by atoms with Crippen molar-refractivity contribution in [1.82, 2.24) is 0 Å². The van der Waals surface area contributed by atoms with Crippen molar-refractivity contribution in [3.05, 3.63) is 35.9 Å². The van der Waals surface area contributed by atoms with Crippen LogP contribution in [0.15, 0.2) is 30.3 Å². The molecule has 1 aromatic rings. The van der Waals surface area contributed by atoms with Crippen LogP contribution in [0.2, 0.25) is 0 Å². The van der Waals surface area contributed by atoms with Crippen LogP contribution in [0.1, 0.15) is 12.5 Å². The first-order valence-electron chi connectivity index (χ1n) is 6.79. The summed E-state index contributed by atoms with van der Waals surface area (Å²) < 4.78 is 16.3. The van der Waals surface area contributed by atoms with E-state index in [1.165, 1.54) is 7.11 Å². The number of rotatable bonds is 5. The van der Waals surface area contributed by atoms with E-state index in [0.29, 0.717) is 6.61 Å². The van der Waals surface area contributed by atoms with E-state index < -0.39 is 24.6 Å². The third-order valence-corrected chi connectivity index (χ3v) is 3.63. The molecule has 1 aliphatic heterocycles. The molecule has 0 amide bonds. The molecule has 0 radical (unpaired) electrons. The van der Waals surface area contributed by atoms with Crippen molar-refractivity contribution in [2.24, 2.45) is 5.92 Å². The molecule has 5 atom stereocenters. The van der Waals surface area contributed by atoms with Crippen LogP contribution in [0.3, 0.4) is 0 Å². The van der Waals surface area contributed by atoms with Crippen LogP contribution >= 0.6 is 0 Å². The molecule has 0 aliphatic carbocycles. The Kier molecular flexibility index (Phi) is 5.51. The zero-order chi connectivity index (χ0) is 14.5. The Morgan fingerprint density at radius 3 is 2.50 bits per heavy atom. The van der Waals surface area contributed by atoms with Crippen LogP contribution in [0.25, 0.3) is 0 Å². The Labute approximate surface area is 119 Å². The Morgan fingerprint density at radius 2 is 1.85 bits per heavy atom. The van der Waals surface area contributed by atoms with Crippen LogP contribution in [0.5, 0.6) is 0 Å². The van der Waals surface area contributed by atoms with E-state index in [-0.39, 0.29) is 12.5 Å². The highest BCUT2D eigenvalue weighted by Gasteiger charge is 2.42. The van der Waals surface area contributed by atoms with Gasteiger partial charge >= 0.3 is 0 Å². The normalized spacial score (nSPS) is 34.1. The van der Waals surface area contributed by atoms with Crippen molar-refractivity contribution in [3.8, 4) is 0 Å². The number of aliphatic hydroxyl groups excluding tert-OH is 2. The fraction of sp³-hybridized carbons (Fsp3) is 0.600. The van der Waals surface area contributed by atoms with Crippen molar-refractivity contribution in [1.29, 1.82) is 0 Å². The first-order valence-corrected chi connectivity index (χ1v) is 6.79. The lowest BCUT2D eigenvalue weighted by Gasteiger charge is -2.40. The van der Waals surface area contributed by atoms with Crippen molar-refractivity contribution >= 4 is 0 Å². The van der Waals surface area contributed by atoms with Crippen LogP contribution in [0.4, 0.5) is 0 Å². The molecule has 5 heteroatoms. The van der Waals surface area contributed by atoms with Gasteiger partial charge in [0.15, 0.2) is 6.29 Å². The first-order chi connectivity index (χ1) is 9.63. The van der Waals surface area contributed by atoms with E-state index in [0.717, 1.165) is 5.56 Å². The molecule has 1 fully saturated rings. The van der Waals surface area contributed by atoms with Crippen molar-refractivity contribution in [2.45, 2.75) is 38.1 Å². The van der Waals surface area contributed by atoms with E-state index in [4.69, 9.17) is 14.2 Å². The van der Waals surface area contributed by atoms with Gasteiger partial charge in [-0.2, -0.15) is 0 Å². The summed E-state index contributed by atoms with van der Waals surface area (Å²) in [6, 6.07) is 9.76. The third kappa shape index (κ3) is 3.56. The van der Waals surface area contributed by atoms with Gasteiger partial charge in [-0.15, -0.1) is 0 Å².